The van der Waals surface area contributed by atoms with Crippen LogP contribution in [0.15, 0.2) is 22.7 Å². The second-order valence-corrected chi connectivity index (χ2v) is 5.11. The summed E-state index contributed by atoms with van der Waals surface area (Å²) in [6, 6.07) is 6.86. The van der Waals surface area contributed by atoms with Crippen LogP contribution in [0.4, 0.5) is 4.39 Å². The molecule has 0 N–H and O–H groups in total. The van der Waals surface area contributed by atoms with Gasteiger partial charge in [0.1, 0.15) is 0 Å². The molecule has 84 valence electrons. The molecule has 2 rings (SSSR count). The SMILES string of the molecule is N#CCC1(COc2ccc(Br)cc2F)CC1. The summed E-state index contributed by atoms with van der Waals surface area (Å²) in [6.07, 6.45) is 2.49. The summed E-state index contributed by atoms with van der Waals surface area (Å²) in [7, 11) is 0. The van der Waals surface area contributed by atoms with E-state index >= 15 is 0 Å². The first-order valence-corrected chi connectivity index (χ1v) is 5.89. The predicted octanol–water partition coefficient (Wildman–Crippen LogP) is 3.66. The van der Waals surface area contributed by atoms with E-state index in [0.29, 0.717) is 17.5 Å². The number of rotatable bonds is 4. The van der Waals surface area contributed by atoms with Gasteiger partial charge in [0.05, 0.1) is 12.7 Å². The first-order chi connectivity index (χ1) is 7.65. The van der Waals surface area contributed by atoms with E-state index in [-0.39, 0.29) is 17.0 Å². The average Bonchev–Trinajstić information content (AvgIpc) is 2.98. The Morgan fingerprint density at radius 1 is 1.50 bits per heavy atom. The van der Waals surface area contributed by atoms with Crippen molar-refractivity contribution in [3.63, 3.8) is 0 Å². The van der Waals surface area contributed by atoms with E-state index in [1.54, 1.807) is 12.1 Å². The van der Waals surface area contributed by atoms with E-state index in [4.69, 9.17) is 10.00 Å². The van der Waals surface area contributed by atoms with Crippen LogP contribution in [-0.2, 0) is 0 Å². The van der Waals surface area contributed by atoms with Crippen LogP contribution in [-0.4, -0.2) is 6.61 Å². The molecule has 0 aromatic heterocycles. The zero-order valence-electron chi connectivity index (χ0n) is 8.67. The molecule has 0 spiro atoms. The smallest absolute Gasteiger partial charge is 0.166 e. The summed E-state index contributed by atoms with van der Waals surface area (Å²) in [4.78, 5) is 0. The summed E-state index contributed by atoms with van der Waals surface area (Å²) >= 11 is 3.19. The Balaban J connectivity index is 1.98. The molecule has 0 atom stereocenters. The lowest BCUT2D eigenvalue weighted by atomic mass is 10.1. The topological polar surface area (TPSA) is 33.0 Å². The summed E-state index contributed by atoms with van der Waals surface area (Å²) < 4.78 is 19.5. The Hall–Kier alpha value is -1.08. The lowest BCUT2D eigenvalue weighted by Crippen LogP contribution is -2.12. The Labute approximate surface area is 102 Å². The fourth-order valence-electron chi connectivity index (χ4n) is 1.54. The van der Waals surface area contributed by atoms with E-state index < -0.39 is 0 Å². The second-order valence-electron chi connectivity index (χ2n) is 4.20. The third-order valence-electron chi connectivity index (χ3n) is 2.84. The van der Waals surface area contributed by atoms with Crippen molar-refractivity contribution < 1.29 is 9.13 Å². The third-order valence-corrected chi connectivity index (χ3v) is 3.33. The maximum Gasteiger partial charge on any atom is 0.166 e. The fraction of sp³-hybridized carbons (Fsp3) is 0.417. The van der Waals surface area contributed by atoms with Crippen molar-refractivity contribution in [1.29, 1.82) is 5.26 Å². The van der Waals surface area contributed by atoms with Crippen LogP contribution in [0.3, 0.4) is 0 Å². The van der Waals surface area contributed by atoms with E-state index in [1.165, 1.54) is 6.07 Å². The number of benzene rings is 1. The summed E-state index contributed by atoms with van der Waals surface area (Å²) in [5.74, 6) is -0.116. The van der Waals surface area contributed by atoms with Gasteiger partial charge >= 0.3 is 0 Å². The first-order valence-electron chi connectivity index (χ1n) is 5.10. The van der Waals surface area contributed by atoms with Crippen molar-refractivity contribution in [2.24, 2.45) is 5.41 Å². The molecule has 2 nitrogen and oxygen atoms in total. The lowest BCUT2D eigenvalue weighted by molar-refractivity contribution is 0.227. The lowest BCUT2D eigenvalue weighted by Gasteiger charge is -2.13. The molecule has 1 saturated carbocycles. The van der Waals surface area contributed by atoms with Crippen LogP contribution in [0.2, 0.25) is 0 Å². The molecule has 16 heavy (non-hydrogen) atoms. The van der Waals surface area contributed by atoms with E-state index in [9.17, 15) is 4.39 Å². The van der Waals surface area contributed by atoms with Gasteiger partial charge in [0.25, 0.3) is 0 Å². The Morgan fingerprint density at radius 3 is 2.81 bits per heavy atom. The van der Waals surface area contributed by atoms with Crippen LogP contribution in [0.1, 0.15) is 19.3 Å². The molecule has 1 aliphatic rings. The molecule has 4 heteroatoms. The first kappa shape index (κ1) is 11.4. The minimum Gasteiger partial charge on any atom is -0.490 e. The highest BCUT2D eigenvalue weighted by Crippen LogP contribution is 2.48. The van der Waals surface area contributed by atoms with Crippen molar-refractivity contribution in [2.45, 2.75) is 19.3 Å². The fourth-order valence-corrected chi connectivity index (χ4v) is 1.87. The molecule has 0 heterocycles. The molecule has 0 amide bonds. The van der Waals surface area contributed by atoms with Gasteiger partial charge < -0.3 is 4.74 Å². The number of hydrogen-bond donors (Lipinski definition) is 0. The molecular formula is C12H11BrFNO. The van der Waals surface area contributed by atoms with Gasteiger partial charge in [-0.25, -0.2) is 4.39 Å². The van der Waals surface area contributed by atoms with Crippen molar-refractivity contribution >= 4 is 15.9 Å². The standard InChI is InChI=1S/C12H11BrFNO/c13-9-1-2-11(10(14)7-9)16-8-12(3-4-12)5-6-15/h1-2,7H,3-5,8H2. The van der Waals surface area contributed by atoms with Crippen LogP contribution < -0.4 is 4.74 Å². The molecule has 0 bridgehead atoms. The second kappa shape index (κ2) is 4.42. The van der Waals surface area contributed by atoms with Gasteiger partial charge in [0, 0.05) is 16.3 Å². The molecule has 1 aromatic carbocycles. The molecule has 0 aliphatic heterocycles. The van der Waals surface area contributed by atoms with E-state index in [0.717, 1.165) is 12.8 Å². The minimum absolute atomic E-state index is 0.0196. The number of nitriles is 1. The molecule has 0 saturated heterocycles. The average molecular weight is 284 g/mol. The van der Waals surface area contributed by atoms with Crippen LogP contribution >= 0.6 is 15.9 Å². The quantitative estimate of drug-likeness (QED) is 0.845. The van der Waals surface area contributed by atoms with Crippen LogP contribution in [0.25, 0.3) is 0 Å². The Bertz CT molecular complexity index is 437. The highest BCUT2D eigenvalue weighted by Gasteiger charge is 2.43. The number of nitrogens with zero attached hydrogens (tertiary/aromatic N) is 1. The summed E-state index contributed by atoms with van der Waals surface area (Å²) in [5.41, 5.74) is -0.0196. The molecule has 1 aliphatic carbocycles. The van der Waals surface area contributed by atoms with Crippen LogP contribution in [0.5, 0.6) is 5.75 Å². The van der Waals surface area contributed by atoms with Gasteiger partial charge in [-0.2, -0.15) is 5.26 Å². The number of hydrogen-bond acceptors (Lipinski definition) is 2. The largest absolute Gasteiger partial charge is 0.490 e. The Kier molecular flexibility index (Phi) is 3.15. The van der Waals surface area contributed by atoms with Gasteiger partial charge in [-0.05, 0) is 31.0 Å². The molecule has 0 unspecified atom stereocenters. The summed E-state index contributed by atoms with van der Waals surface area (Å²) in [5, 5.41) is 8.64. The highest BCUT2D eigenvalue weighted by molar-refractivity contribution is 9.10. The number of ether oxygens (including phenoxy) is 1. The maximum atomic E-state index is 13.4. The zero-order valence-corrected chi connectivity index (χ0v) is 10.3. The highest BCUT2D eigenvalue weighted by atomic mass is 79.9. The van der Waals surface area contributed by atoms with E-state index in [2.05, 4.69) is 22.0 Å². The zero-order chi connectivity index (χ0) is 11.6. The van der Waals surface area contributed by atoms with Crippen molar-refractivity contribution in [3.8, 4) is 11.8 Å². The Morgan fingerprint density at radius 2 is 2.25 bits per heavy atom. The molecule has 0 radical (unpaired) electrons. The van der Waals surface area contributed by atoms with Crippen molar-refractivity contribution in [3.05, 3.63) is 28.5 Å². The number of halogens is 2. The predicted molar refractivity (Wildman–Crippen MR) is 61.5 cm³/mol. The molecule has 1 aromatic rings. The molecule has 1 fully saturated rings. The van der Waals surface area contributed by atoms with Gasteiger partial charge in [-0.3, -0.25) is 0 Å². The van der Waals surface area contributed by atoms with Crippen LogP contribution in [0, 0.1) is 22.6 Å². The normalized spacial score (nSPS) is 16.6. The third kappa shape index (κ3) is 2.53. The molecular weight excluding hydrogens is 273 g/mol. The van der Waals surface area contributed by atoms with Gasteiger partial charge in [0.15, 0.2) is 11.6 Å². The monoisotopic (exact) mass is 283 g/mol. The van der Waals surface area contributed by atoms with E-state index in [1.807, 2.05) is 0 Å². The van der Waals surface area contributed by atoms with Crippen molar-refractivity contribution in [1.82, 2.24) is 0 Å². The van der Waals surface area contributed by atoms with Crippen molar-refractivity contribution in [2.75, 3.05) is 6.61 Å². The maximum absolute atomic E-state index is 13.4. The van der Waals surface area contributed by atoms with Gasteiger partial charge in [-0.1, -0.05) is 15.9 Å². The summed E-state index contributed by atoms with van der Waals surface area (Å²) in [6.45, 7) is 0.430. The minimum atomic E-state index is -0.373. The van der Waals surface area contributed by atoms with Gasteiger partial charge in [0.2, 0.25) is 0 Å². The van der Waals surface area contributed by atoms with Gasteiger partial charge in [-0.15, -0.1) is 0 Å².